The molecule has 1 aliphatic rings. The molecule has 0 atom stereocenters. The normalized spacial score (nSPS) is 18.2. The lowest BCUT2D eigenvalue weighted by atomic mass is 9.97. The maximum absolute atomic E-state index is 12.3. The van der Waals surface area contributed by atoms with Crippen LogP contribution < -0.4 is 0 Å². The van der Waals surface area contributed by atoms with E-state index in [0.29, 0.717) is 11.1 Å². The summed E-state index contributed by atoms with van der Waals surface area (Å²) in [5.41, 5.74) is 0.457. The smallest absolute Gasteiger partial charge is 0.339 e. The van der Waals surface area contributed by atoms with Crippen molar-refractivity contribution in [1.29, 1.82) is 0 Å². The molecule has 22 heavy (non-hydrogen) atoms. The second kappa shape index (κ2) is 5.42. The second-order valence-electron chi connectivity index (χ2n) is 4.73. The van der Waals surface area contributed by atoms with Gasteiger partial charge < -0.3 is 4.74 Å². The molecule has 112 valence electrons. The van der Waals surface area contributed by atoms with Crippen LogP contribution in [0.5, 0.6) is 0 Å². The topological polar surface area (TPSA) is 60.4 Å². The van der Waals surface area contributed by atoms with Crippen LogP contribution in [-0.4, -0.2) is 27.2 Å². The molecule has 1 aliphatic heterocycles. The molecule has 0 aromatic heterocycles. The lowest BCUT2D eigenvalue weighted by Gasteiger charge is -2.05. The monoisotopic (exact) mass is 319 g/mol. The molecule has 2 aromatic rings. The summed E-state index contributed by atoms with van der Waals surface area (Å²) >= 11 is 0. The summed E-state index contributed by atoms with van der Waals surface area (Å²) in [6.07, 6.45) is 1.07. The van der Waals surface area contributed by atoms with E-state index in [1.165, 1.54) is 24.3 Å². The Morgan fingerprint density at radius 1 is 1.05 bits per heavy atom. The molecule has 0 spiro atoms. The standard InChI is InChI=1S/C17H14O4S/c1-22(19,20)14-9-7-12(8-10-14)15-11-21-17(18)16(15)13-5-3-2-4-6-13/h2-10H,11H2,1H3/i2D,3D,4D,5D,6D. The highest BCUT2D eigenvalue weighted by molar-refractivity contribution is 7.90. The Labute approximate surface area is 136 Å². The summed E-state index contributed by atoms with van der Waals surface area (Å²) in [5.74, 6) is -0.796. The van der Waals surface area contributed by atoms with E-state index in [2.05, 4.69) is 0 Å². The Morgan fingerprint density at radius 2 is 1.68 bits per heavy atom. The number of rotatable bonds is 3. The van der Waals surface area contributed by atoms with Crippen LogP contribution in [0.4, 0.5) is 0 Å². The molecule has 0 unspecified atom stereocenters. The third kappa shape index (κ3) is 2.67. The molecule has 0 N–H and O–H groups in total. The van der Waals surface area contributed by atoms with Gasteiger partial charge in [0, 0.05) is 11.8 Å². The zero-order chi connectivity index (χ0) is 20.1. The van der Waals surface area contributed by atoms with Gasteiger partial charge in [-0.2, -0.15) is 0 Å². The van der Waals surface area contributed by atoms with E-state index in [1.54, 1.807) is 0 Å². The van der Waals surface area contributed by atoms with Gasteiger partial charge >= 0.3 is 5.97 Å². The molecule has 0 amide bonds. The quantitative estimate of drug-likeness (QED) is 0.816. The Hall–Kier alpha value is -2.40. The maximum Gasteiger partial charge on any atom is 0.339 e. The Bertz CT molecular complexity index is 1080. The first-order valence-corrected chi connectivity index (χ1v) is 8.21. The van der Waals surface area contributed by atoms with Crippen LogP contribution in [0.3, 0.4) is 0 Å². The van der Waals surface area contributed by atoms with Crippen LogP contribution in [0.2, 0.25) is 0 Å². The van der Waals surface area contributed by atoms with Gasteiger partial charge in [-0.05, 0) is 23.3 Å². The minimum atomic E-state index is -3.39. The number of esters is 1. The van der Waals surface area contributed by atoms with Crippen LogP contribution in [0.1, 0.15) is 18.0 Å². The maximum atomic E-state index is 12.3. The van der Waals surface area contributed by atoms with Crippen molar-refractivity contribution < 1.29 is 24.8 Å². The molecule has 0 radical (unpaired) electrons. The Morgan fingerprint density at radius 3 is 2.27 bits per heavy atom. The molecule has 4 nitrogen and oxygen atoms in total. The molecule has 2 aromatic carbocycles. The number of cyclic esters (lactones) is 1. The van der Waals surface area contributed by atoms with Crippen LogP contribution in [-0.2, 0) is 19.4 Å². The van der Waals surface area contributed by atoms with Crippen molar-refractivity contribution in [3.63, 3.8) is 0 Å². The van der Waals surface area contributed by atoms with E-state index < -0.39 is 46.0 Å². The molecule has 0 aliphatic carbocycles. The van der Waals surface area contributed by atoms with Gasteiger partial charge in [0.2, 0.25) is 0 Å². The Balaban J connectivity index is 2.26. The number of ether oxygens (including phenoxy) is 1. The van der Waals surface area contributed by atoms with Crippen molar-refractivity contribution in [2.24, 2.45) is 0 Å². The lowest BCUT2D eigenvalue weighted by Crippen LogP contribution is -1.98. The second-order valence-corrected chi connectivity index (χ2v) is 6.74. The minimum Gasteiger partial charge on any atom is -0.457 e. The van der Waals surface area contributed by atoms with Crippen molar-refractivity contribution in [3.8, 4) is 0 Å². The molecule has 5 heteroatoms. The fourth-order valence-electron chi connectivity index (χ4n) is 2.16. The summed E-state index contributed by atoms with van der Waals surface area (Å²) in [4.78, 5) is 12.4. The van der Waals surface area contributed by atoms with Crippen LogP contribution in [0.25, 0.3) is 11.1 Å². The summed E-state index contributed by atoms with van der Waals surface area (Å²) in [6.45, 7) is -0.144. The van der Waals surface area contributed by atoms with Gasteiger partial charge in [0.05, 0.1) is 17.3 Å². The molecule has 0 bridgehead atoms. The fourth-order valence-corrected chi connectivity index (χ4v) is 2.79. The van der Waals surface area contributed by atoms with E-state index in [1.807, 2.05) is 0 Å². The molecular weight excluding hydrogens is 300 g/mol. The average molecular weight is 319 g/mol. The van der Waals surface area contributed by atoms with E-state index >= 15 is 0 Å². The van der Waals surface area contributed by atoms with Crippen molar-refractivity contribution in [2.45, 2.75) is 4.90 Å². The largest absolute Gasteiger partial charge is 0.457 e. The van der Waals surface area contributed by atoms with E-state index in [4.69, 9.17) is 11.6 Å². The van der Waals surface area contributed by atoms with Crippen molar-refractivity contribution in [3.05, 3.63) is 65.6 Å². The first kappa shape index (κ1) is 9.58. The van der Waals surface area contributed by atoms with Crippen molar-refractivity contribution in [1.82, 2.24) is 0 Å². The zero-order valence-corrected chi connectivity index (χ0v) is 12.4. The van der Waals surface area contributed by atoms with E-state index in [0.717, 1.165) is 6.26 Å². The Kier molecular flexibility index (Phi) is 2.36. The number of benzene rings is 2. The first-order valence-electron chi connectivity index (χ1n) is 8.82. The fraction of sp³-hybridized carbons (Fsp3) is 0.118. The molecule has 0 saturated carbocycles. The van der Waals surface area contributed by atoms with Crippen LogP contribution in [0, 0.1) is 0 Å². The summed E-state index contributed by atoms with van der Waals surface area (Å²) in [7, 11) is -3.39. The number of hydrogen-bond donors (Lipinski definition) is 0. The molecular formula is C17H14O4S. The summed E-state index contributed by atoms with van der Waals surface area (Å²) in [6, 6.07) is 3.07. The molecule has 0 saturated heterocycles. The molecule has 3 rings (SSSR count). The summed E-state index contributed by atoms with van der Waals surface area (Å²) in [5, 5.41) is 0. The summed E-state index contributed by atoms with van der Waals surface area (Å²) < 4.78 is 67.6. The zero-order valence-electron chi connectivity index (χ0n) is 16.6. The highest BCUT2D eigenvalue weighted by atomic mass is 32.2. The third-order valence-corrected chi connectivity index (χ3v) is 4.36. The van der Waals surface area contributed by atoms with Gasteiger partial charge in [-0.1, -0.05) is 42.3 Å². The van der Waals surface area contributed by atoms with Crippen molar-refractivity contribution in [2.75, 3.05) is 12.9 Å². The van der Waals surface area contributed by atoms with Gasteiger partial charge in [-0.3, -0.25) is 0 Å². The molecule has 1 heterocycles. The third-order valence-electron chi connectivity index (χ3n) is 3.23. The van der Waals surface area contributed by atoms with E-state index in [-0.39, 0.29) is 22.6 Å². The number of hydrogen-bond acceptors (Lipinski definition) is 4. The number of carbonyl (C=O) groups is 1. The van der Waals surface area contributed by atoms with Crippen LogP contribution >= 0.6 is 0 Å². The van der Waals surface area contributed by atoms with Gasteiger partial charge in [-0.25, -0.2) is 13.2 Å². The van der Waals surface area contributed by atoms with Gasteiger partial charge in [-0.15, -0.1) is 0 Å². The number of sulfone groups is 1. The highest BCUT2D eigenvalue weighted by Crippen LogP contribution is 2.33. The SMILES string of the molecule is [2H]c1c([2H])c([2H])c(C2=C(c3ccc(S(C)(=O)=O)cc3)COC2=O)c([2H])c1[2H]. The lowest BCUT2D eigenvalue weighted by molar-refractivity contribution is -0.133. The first-order chi connectivity index (χ1) is 12.5. The van der Waals surface area contributed by atoms with Gasteiger partial charge in [0.1, 0.15) is 6.61 Å². The minimum absolute atomic E-state index is 0.0986. The predicted molar refractivity (Wildman–Crippen MR) is 83.8 cm³/mol. The van der Waals surface area contributed by atoms with Gasteiger partial charge in [0.25, 0.3) is 0 Å². The van der Waals surface area contributed by atoms with Gasteiger partial charge in [0.15, 0.2) is 9.84 Å². The average Bonchev–Trinajstić information content (AvgIpc) is 2.99. The highest BCUT2D eigenvalue weighted by Gasteiger charge is 2.27. The van der Waals surface area contributed by atoms with Crippen LogP contribution in [0.15, 0.2) is 59.4 Å². The van der Waals surface area contributed by atoms with Crippen molar-refractivity contribution >= 4 is 27.0 Å². The molecule has 0 fully saturated rings. The predicted octanol–water partition coefficient (Wildman–Crippen LogP) is 2.56. The van der Waals surface area contributed by atoms with E-state index in [9.17, 15) is 13.2 Å². The number of carbonyl (C=O) groups excluding carboxylic acids is 1.